The van der Waals surface area contributed by atoms with Crippen molar-refractivity contribution in [1.29, 1.82) is 0 Å². The van der Waals surface area contributed by atoms with Gasteiger partial charge in [-0.05, 0) is 12.1 Å². The fraction of sp³-hybridized carbons (Fsp3) is 0.182. The van der Waals surface area contributed by atoms with Crippen LogP contribution in [0.2, 0.25) is 0 Å². The summed E-state index contributed by atoms with van der Waals surface area (Å²) in [5, 5.41) is 2.74. The highest BCUT2D eigenvalue weighted by atomic mass is 16.5. The van der Waals surface area contributed by atoms with Crippen LogP contribution in [0.25, 0.3) is 6.08 Å². The number of fused-ring (bicyclic) bond motifs is 1. The van der Waals surface area contributed by atoms with Gasteiger partial charge in [0.15, 0.2) is 12.4 Å². The van der Waals surface area contributed by atoms with Gasteiger partial charge >= 0.3 is 0 Å². The molecule has 2 rings (SSSR count). The van der Waals surface area contributed by atoms with Crippen LogP contribution >= 0.6 is 0 Å². The predicted octanol–water partition coefficient (Wildman–Crippen LogP) is 1.63. The molecule has 0 radical (unpaired) electrons. The summed E-state index contributed by atoms with van der Waals surface area (Å²) in [6.45, 7) is 0.0604. The first-order valence-corrected chi connectivity index (χ1v) is 4.56. The van der Waals surface area contributed by atoms with E-state index in [0.29, 0.717) is 11.4 Å². The standard InChI is InChI=1S/C11H11NO3/c1-14-6-5-8-3-2-4-9-11(8)15-7-10(13)12-9/h2-6H,7H2,1H3,(H,12,13)/b6-5+. The van der Waals surface area contributed by atoms with E-state index in [0.717, 1.165) is 5.56 Å². The molecule has 15 heavy (non-hydrogen) atoms. The highest BCUT2D eigenvalue weighted by Gasteiger charge is 2.17. The molecule has 1 amide bonds. The van der Waals surface area contributed by atoms with E-state index in [1.165, 1.54) is 0 Å². The fourth-order valence-electron chi connectivity index (χ4n) is 1.41. The van der Waals surface area contributed by atoms with Gasteiger partial charge in [0.2, 0.25) is 0 Å². The molecule has 0 atom stereocenters. The minimum atomic E-state index is -0.129. The first-order chi connectivity index (χ1) is 7.31. The van der Waals surface area contributed by atoms with Crippen LogP contribution in [-0.4, -0.2) is 19.6 Å². The summed E-state index contributed by atoms with van der Waals surface area (Å²) in [5.74, 6) is 0.556. The SMILES string of the molecule is CO/C=C/c1cccc2c1OCC(=O)N2. The molecule has 0 unspecified atom stereocenters. The number of carbonyl (C=O) groups is 1. The van der Waals surface area contributed by atoms with E-state index in [1.807, 2.05) is 12.1 Å². The van der Waals surface area contributed by atoms with Gasteiger partial charge in [0.05, 0.1) is 19.1 Å². The van der Waals surface area contributed by atoms with Crippen LogP contribution in [0.15, 0.2) is 24.5 Å². The third-order valence-electron chi connectivity index (χ3n) is 2.05. The van der Waals surface area contributed by atoms with Gasteiger partial charge in [-0.2, -0.15) is 0 Å². The molecule has 1 heterocycles. The summed E-state index contributed by atoms with van der Waals surface area (Å²) < 4.78 is 10.2. The molecule has 4 heteroatoms. The summed E-state index contributed by atoms with van der Waals surface area (Å²) >= 11 is 0. The molecule has 78 valence electrons. The smallest absolute Gasteiger partial charge is 0.262 e. The van der Waals surface area contributed by atoms with Crippen molar-refractivity contribution in [3.05, 3.63) is 30.0 Å². The topological polar surface area (TPSA) is 47.6 Å². The van der Waals surface area contributed by atoms with Crippen LogP contribution in [0, 0.1) is 0 Å². The van der Waals surface area contributed by atoms with E-state index in [-0.39, 0.29) is 12.5 Å². The zero-order chi connectivity index (χ0) is 10.7. The summed E-state index contributed by atoms with van der Waals surface area (Å²) in [6.07, 6.45) is 3.35. The minimum Gasteiger partial charge on any atom is -0.504 e. The number of methoxy groups -OCH3 is 1. The van der Waals surface area contributed by atoms with E-state index in [2.05, 4.69) is 5.32 Å². The monoisotopic (exact) mass is 205 g/mol. The van der Waals surface area contributed by atoms with Crippen LogP contribution in [-0.2, 0) is 9.53 Å². The fourth-order valence-corrected chi connectivity index (χ4v) is 1.41. The maximum atomic E-state index is 11.1. The Hall–Kier alpha value is -1.97. The van der Waals surface area contributed by atoms with E-state index in [1.54, 1.807) is 25.5 Å². The molecule has 0 saturated carbocycles. The van der Waals surface area contributed by atoms with Crippen LogP contribution in [0.3, 0.4) is 0 Å². The number of para-hydroxylation sites is 1. The molecule has 1 aliphatic heterocycles. The van der Waals surface area contributed by atoms with Gasteiger partial charge in [-0.3, -0.25) is 4.79 Å². The van der Waals surface area contributed by atoms with Gasteiger partial charge < -0.3 is 14.8 Å². The molecular formula is C11H11NO3. The number of carbonyl (C=O) groups excluding carboxylic acids is 1. The van der Waals surface area contributed by atoms with Crippen molar-refractivity contribution < 1.29 is 14.3 Å². The lowest BCUT2D eigenvalue weighted by Gasteiger charge is -2.19. The van der Waals surface area contributed by atoms with Crippen molar-refractivity contribution >= 4 is 17.7 Å². The molecule has 0 spiro atoms. The zero-order valence-electron chi connectivity index (χ0n) is 8.32. The average molecular weight is 205 g/mol. The number of nitrogens with one attached hydrogen (secondary N) is 1. The number of ether oxygens (including phenoxy) is 2. The summed E-state index contributed by atoms with van der Waals surface area (Å²) in [4.78, 5) is 11.1. The van der Waals surface area contributed by atoms with Crippen molar-refractivity contribution in [2.24, 2.45) is 0 Å². The quantitative estimate of drug-likeness (QED) is 0.746. The molecule has 0 fully saturated rings. The second-order valence-corrected chi connectivity index (χ2v) is 3.10. The maximum absolute atomic E-state index is 11.1. The molecule has 0 aliphatic carbocycles. The lowest BCUT2D eigenvalue weighted by molar-refractivity contribution is -0.118. The first-order valence-electron chi connectivity index (χ1n) is 4.56. The largest absolute Gasteiger partial charge is 0.504 e. The zero-order valence-corrected chi connectivity index (χ0v) is 8.32. The van der Waals surface area contributed by atoms with E-state index in [4.69, 9.17) is 9.47 Å². The van der Waals surface area contributed by atoms with Crippen molar-refractivity contribution in [2.75, 3.05) is 19.0 Å². The second kappa shape index (κ2) is 4.04. The van der Waals surface area contributed by atoms with Crippen molar-refractivity contribution in [3.8, 4) is 5.75 Å². The molecule has 1 aliphatic rings. The lowest BCUT2D eigenvalue weighted by Crippen LogP contribution is -2.25. The number of hydrogen-bond donors (Lipinski definition) is 1. The Morgan fingerprint density at radius 3 is 3.20 bits per heavy atom. The normalized spacial score (nSPS) is 14.3. The Bertz CT molecular complexity index is 412. The van der Waals surface area contributed by atoms with Gasteiger partial charge in [0.25, 0.3) is 5.91 Å². The molecule has 0 saturated heterocycles. The third kappa shape index (κ3) is 1.93. The molecule has 1 N–H and O–H groups in total. The highest BCUT2D eigenvalue weighted by Crippen LogP contribution is 2.32. The molecular weight excluding hydrogens is 194 g/mol. The summed E-state index contributed by atoms with van der Waals surface area (Å²) in [6, 6.07) is 5.55. The molecule has 0 aromatic heterocycles. The number of amides is 1. The van der Waals surface area contributed by atoms with Crippen molar-refractivity contribution in [2.45, 2.75) is 0 Å². The van der Waals surface area contributed by atoms with Gasteiger partial charge in [0, 0.05) is 5.56 Å². The van der Waals surface area contributed by atoms with E-state index >= 15 is 0 Å². The third-order valence-corrected chi connectivity index (χ3v) is 2.05. The number of rotatable bonds is 2. The van der Waals surface area contributed by atoms with Crippen LogP contribution in [0.1, 0.15) is 5.56 Å². The maximum Gasteiger partial charge on any atom is 0.262 e. The molecule has 0 bridgehead atoms. The Morgan fingerprint density at radius 2 is 2.40 bits per heavy atom. The number of benzene rings is 1. The van der Waals surface area contributed by atoms with Crippen LogP contribution in [0.5, 0.6) is 5.75 Å². The highest BCUT2D eigenvalue weighted by molar-refractivity contribution is 5.96. The van der Waals surface area contributed by atoms with Gasteiger partial charge in [-0.25, -0.2) is 0 Å². The predicted molar refractivity (Wildman–Crippen MR) is 56.6 cm³/mol. The molecule has 1 aromatic rings. The van der Waals surface area contributed by atoms with E-state index in [9.17, 15) is 4.79 Å². The Labute approximate surface area is 87.5 Å². The van der Waals surface area contributed by atoms with Gasteiger partial charge in [-0.15, -0.1) is 0 Å². The minimum absolute atomic E-state index is 0.0604. The molecule has 4 nitrogen and oxygen atoms in total. The van der Waals surface area contributed by atoms with Crippen LogP contribution < -0.4 is 10.1 Å². The van der Waals surface area contributed by atoms with Crippen molar-refractivity contribution in [1.82, 2.24) is 0 Å². The first kappa shape index (κ1) is 9.58. The summed E-state index contributed by atoms with van der Waals surface area (Å²) in [7, 11) is 1.58. The van der Waals surface area contributed by atoms with Crippen LogP contribution in [0.4, 0.5) is 5.69 Å². The summed E-state index contributed by atoms with van der Waals surface area (Å²) in [5.41, 5.74) is 1.58. The van der Waals surface area contributed by atoms with Gasteiger partial charge in [-0.1, -0.05) is 12.1 Å². The Morgan fingerprint density at radius 1 is 1.53 bits per heavy atom. The number of hydrogen-bond acceptors (Lipinski definition) is 3. The molecule has 1 aromatic carbocycles. The van der Waals surface area contributed by atoms with Crippen molar-refractivity contribution in [3.63, 3.8) is 0 Å². The Kier molecular flexibility index (Phi) is 2.58. The lowest BCUT2D eigenvalue weighted by atomic mass is 10.1. The van der Waals surface area contributed by atoms with E-state index < -0.39 is 0 Å². The van der Waals surface area contributed by atoms with Gasteiger partial charge in [0.1, 0.15) is 0 Å². The number of anilines is 1. The average Bonchev–Trinajstić information content (AvgIpc) is 2.25. The Balaban J connectivity index is 2.37. The second-order valence-electron chi connectivity index (χ2n) is 3.10.